The number of carbonyl (C=O) groups is 2. The molecule has 31 heavy (non-hydrogen) atoms. The van der Waals surface area contributed by atoms with Crippen LogP contribution in [0.15, 0.2) is 72.8 Å². The van der Waals surface area contributed by atoms with Gasteiger partial charge in [0.25, 0.3) is 0 Å². The van der Waals surface area contributed by atoms with Crippen molar-refractivity contribution >= 4 is 11.9 Å². The summed E-state index contributed by atoms with van der Waals surface area (Å²) in [7, 11) is 0. The van der Waals surface area contributed by atoms with Crippen LogP contribution in [0.3, 0.4) is 0 Å². The van der Waals surface area contributed by atoms with Gasteiger partial charge in [0.1, 0.15) is 6.61 Å². The van der Waals surface area contributed by atoms with Gasteiger partial charge in [-0.25, -0.2) is 0 Å². The molecule has 0 spiro atoms. The summed E-state index contributed by atoms with van der Waals surface area (Å²) in [4.78, 5) is 24.6. The van der Waals surface area contributed by atoms with Crippen LogP contribution < -0.4 is 5.73 Å². The summed E-state index contributed by atoms with van der Waals surface area (Å²) < 4.78 is 5.55. The molecule has 5 nitrogen and oxygen atoms in total. The molecule has 0 aromatic heterocycles. The first-order valence-corrected chi connectivity index (χ1v) is 10.3. The lowest BCUT2D eigenvalue weighted by Gasteiger charge is -2.21. The number of carbonyl (C=O) groups excluding carboxylic acids is 1. The van der Waals surface area contributed by atoms with Crippen molar-refractivity contribution in [2.75, 3.05) is 6.61 Å². The number of aliphatic carboxylic acids is 1. The second-order valence-electron chi connectivity index (χ2n) is 8.03. The highest BCUT2D eigenvalue weighted by Crippen LogP contribution is 2.44. The van der Waals surface area contributed by atoms with Gasteiger partial charge < -0.3 is 15.6 Å². The molecule has 3 aromatic carbocycles. The molecule has 1 aliphatic rings. The first-order valence-electron chi connectivity index (χ1n) is 10.3. The fourth-order valence-electron chi connectivity index (χ4n) is 4.38. The molecule has 0 radical (unpaired) electrons. The molecule has 1 unspecified atom stereocenters. The highest BCUT2D eigenvalue weighted by molar-refractivity contribution is 5.95. The molecular formula is C26H25NO4. The molecule has 3 aromatic rings. The molecule has 2 atom stereocenters. The van der Waals surface area contributed by atoms with Crippen LogP contribution in [0, 0.1) is 12.8 Å². The Morgan fingerprint density at radius 2 is 1.58 bits per heavy atom. The standard InChI is InChI=1S/C26H25NO4/c1-16-7-6-8-17(13-16)14-23(27)24(25(28)29)26(30)31-15-22-20-11-4-2-9-18(20)19-10-3-5-12-21(19)22/h2-13,22-24H,14-15,27H2,1H3,(H,28,29)/t23?,24-/m0/s1. The monoisotopic (exact) mass is 415 g/mol. The first kappa shape index (κ1) is 20.8. The zero-order valence-electron chi connectivity index (χ0n) is 17.3. The van der Waals surface area contributed by atoms with E-state index in [1.54, 1.807) is 0 Å². The largest absolute Gasteiger partial charge is 0.481 e. The molecule has 0 heterocycles. The van der Waals surface area contributed by atoms with E-state index in [0.29, 0.717) is 0 Å². The molecule has 0 saturated carbocycles. The summed E-state index contributed by atoms with van der Waals surface area (Å²) >= 11 is 0. The predicted molar refractivity (Wildman–Crippen MR) is 119 cm³/mol. The number of benzene rings is 3. The van der Waals surface area contributed by atoms with Crippen LogP contribution in [0.25, 0.3) is 11.1 Å². The Balaban J connectivity index is 1.49. The average molecular weight is 415 g/mol. The number of rotatable bonds is 7. The Morgan fingerprint density at radius 1 is 0.968 bits per heavy atom. The van der Waals surface area contributed by atoms with E-state index in [1.807, 2.05) is 79.7 Å². The van der Waals surface area contributed by atoms with Gasteiger partial charge in [-0.3, -0.25) is 9.59 Å². The maximum absolute atomic E-state index is 12.8. The smallest absolute Gasteiger partial charge is 0.321 e. The molecule has 158 valence electrons. The first-order chi connectivity index (χ1) is 15.0. The lowest BCUT2D eigenvalue weighted by molar-refractivity contribution is -0.159. The van der Waals surface area contributed by atoms with E-state index in [-0.39, 0.29) is 18.9 Å². The van der Waals surface area contributed by atoms with Gasteiger partial charge >= 0.3 is 11.9 Å². The van der Waals surface area contributed by atoms with Crippen molar-refractivity contribution in [1.29, 1.82) is 0 Å². The number of nitrogens with two attached hydrogens (primary N) is 1. The van der Waals surface area contributed by atoms with Gasteiger partial charge in [0, 0.05) is 12.0 Å². The van der Waals surface area contributed by atoms with Gasteiger partial charge in [-0.1, -0.05) is 78.4 Å². The van der Waals surface area contributed by atoms with Crippen molar-refractivity contribution < 1.29 is 19.4 Å². The van der Waals surface area contributed by atoms with Gasteiger partial charge in [0.2, 0.25) is 0 Å². The predicted octanol–water partition coefficient (Wildman–Crippen LogP) is 3.92. The Morgan fingerprint density at radius 3 is 2.16 bits per heavy atom. The van der Waals surface area contributed by atoms with Crippen LogP contribution in [0.1, 0.15) is 28.2 Å². The minimum Gasteiger partial charge on any atom is -0.481 e. The Hall–Kier alpha value is -3.44. The lowest BCUT2D eigenvalue weighted by Crippen LogP contribution is -2.43. The maximum Gasteiger partial charge on any atom is 0.321 e. The SMILES string of the molecule is Cc1cccc(CC(N)[C@@H](C(=O)O)C(=O)OCC2c3ccccc3-c3ccccc32)c1. The van der Waals surface area contributed by atoms with E-state index < -0.39 is 23.9 Å². The maximum atomic E-state index is 12.8. The molecule has 4 rings (SSSR count). The molecule has 1 aliphatic carbocycles. The zero-order chi connectivity index (χ0) is 22.0. The highest BCUT2D eigenvalue weighted by Gasteiger charge is 2.36. The van der Waals surface area contributed by atoms with E-state index in [4.69, 9.17) is 10.5 Å². The third-order valence-corrected chi connectivity index (χ3v) is 5.86. The minimum atomic E-state index is -1.42. The Bertz CT molecular complexity index is 1080. The number of ether oxygens (including phenoxy) is 1. The summed E-state index contributed by atoms with van der Waals surface area (Å²) in [5.74, 6) is -3.61. The van der Waals surface area contributed by atoms with Gasteiger partial charge in [-0.05, 0) is 41.2 Å². The third-order valence-electron chi connectivity index (χ3n) is 5.86. The quantitative estimate of drug-likeness (QED) is 0.451. The average Bonchev–Trinajstić information content (AvgIpc) is 3.06. The summed E-state index contributed by atoms with van der Waals surface area (Å²) in [5, 5.41) is 9.67. The van der Waals surface area contributed by atoms with Crippen LogP contribution in [0.2, 0.25) is 0 Å². The fourth-order valence-corrected chi connectivity index (χ4v) is 4.38. The number of esters is 1. The molecule has 0 bridgehead atoms. The normalized spacial score (nSPS) is 14.4. The van der Waals surface area contributed by atoms with E-state index >= 15 is 0 Å². The summed E-state index contributed by atoms with van der Waals surface area (Å²) in [6.07, 6.45) is 0.281. The van der Waals surface area contributed by atoms with Crippen molar-refractivity contribution in [1.82, 2.24) is 0 Å². The van der Waals surface area contributed by atoms with E-state index in [1.165, 1.54) is 0 Å². The van der Waals surface area contributed by atoms with Gasteiger partial charge in [0.05, 0.1) is 0 Å². The highest BCUT2D eigenvalue weighted by atomic mass is 16.5. The molecule has 0 saturated heterocycles. The topological polar surface area (TPSA) is 89.6 Å². The number of carboxylic acids is 1. The van der Waals surface area contributed by atoms with Gasteiger partial charge in [0.15, 0.2) is 5.92 Å². The number of carboxylic acid groups (broad SMARTS) is 1. The van der Waals surface area contributed by atoms with Gasteiger partial charge in [-0.15, -0.1) is 0 Å². The molecule has 3 N–H and O–H groups in total. The van der Waals surface area contributed by atoms with Crippen molar-refractivity contribution in [3.05, 3.63) is 95.1 Å². The van der Waals surface area contributed by atoms with Crippen molar-refractivity contribution in [2.24, 2.45) is 11.7 Å². The van der Waals surface area contributed by atoms with Crippen molar-refractivity contribution in [3.63, 3.8) is 0 Å². The Kier molecular flexibility index (Phi) is 5.87. The van der Waals surface area contributed by atoms with E-state index in [2.05, 4.69) is 0 Å². The summed E-state index contributed by atoms with van der Waals surface area (Å²) in [6, 6.07) is 22.8. The van der Waals surface area contributed by atoms with Crippen LogP contribution >= 0.6 is 0 Å². The number of hydrogen-bond donors (Lipinski definition) is 2. The van der Waals surface area contributed by atoms with Crippen molar-refractivity contribution in [2.45, 2.75) is 25.3 Å². The molecular weight excluding hydrogens is 390 g/mol. The van der Waals surface area contributed by atoms with Crippen LogP contribution in [0.5, 0.6) is 0 Å². The zero-order valence-corrected chi connectivity index (χ0v) is 17.3. The molecule has 0 fully saturated rings. The minimum absolute atomic E-state index is 0.0772. The second-order valence-corrected chi connectivity index (χ2v) is 8.03. The number of fused-ring (bicyclic) bond motifs is 3. The molecule has 5 heteroatoms. The van der Waals surface area contributed by atoms with Crippen LogP contribution in [0.4, 0.5) is 0 Å². The second kappa shape index (κ2) is 8.74. The lowest BCUT2D eigenvalue weighted by atomic mass is 9.93. The van der Waals surface area contributed by atoms with Crippen LogP contribution in [-0.4, -0.2) is 29.7 Å². The van der Waals surface area contributed by atoms with Gasteiger partial charge in [-0.2, -0.15) is 0 Å². The summed E-state index contributed by atoms with van der Waals surface area (Å²) in [5.41, 5.74) is 12.5. The van der Waals surface area contributed by atoms with Crippen LogP contribution in [-0.2, 0) is 20.7 Å². The fraction of sp³-hybridized carbons (Fsp3) is 0.231. The molecule has 0 aliphatic heterocycles. The van der Waals surface area contributed by atoms with E-state index in [0.717, 1.165) is 33.4 Å². The third kappa shape index (κ3) is 4.23. The molecule has 0 amide bonds. The van der Waals surface area contributed by atoms with E-state index in [9.17, 15) is 14.7 Å². The number of hydrogen-bond acceptors (Lipinski definition) is 4. The summed E-state index contributed by atoms with van der Waals surface area (Å²) in [6.45, 7) is 2.03. The van der Waals surface area contributed by atoms with Crippen molar-refractivity contribution in [3.8, 4) is 11.1 Å². The Labute approximate surface area is 181 Å². The number of aryl methyl sites for hydroxylation is 1.